The molecule has 54 heavy (non-hydrogen) atoms. The van der Waals surface area contributed by atoms with Crippen LogP contribution in [-0.2, 0) is 0 Å². The number of nitrogens with zero attached hydrogens (tertiary/aromatic N) is 2. The molecular formula is C52H36N2. The molecule has 0 aliphatic carbocycles. The summed E-state index contributed by atoms with van der Waals surface area (Å²) >= 11 is 0. The number of benzene rings is 9. The smallest absolute Gasteiger partial charge is 0.0541 e. The summed E-state index contributed by atoms with van der Waals surface area (Å²) in [6.45, 7) is 0. The maximum absolute atomic E-state index is 2.38. The molecule has 10 rings (SSSR count). The molecule has 0 bridgehead atoms. The molecule has 9 aromatic carbocycles. The Morgan fingerprint density at radius 3 is 1.46 bits per heavy atom. The van der Waals surface area contributed by atoms with Crippen molar-refractivity contribution in [1.29, 1.82) is 0 Å². The number of anilines is 3. The van der Waals surface area contributed by atoms with Gasteiger partial charge in [0.15, 0.2) is 0 Å². The average Bonchev–Trinajstić information content (AvgIpc) is 3.59. The minimum atomic E-state index is 1.11. The third kappa shape index (κ3) is 5.53. The number of aromatic nitrogens is 1. The highest BCUT2D eigenvalue weighted by molar-refractivity contribution is 6.12. The van der Waals surface area contributed by atoms with Crippen LogP contribution in [-0.4, -0.2) is 4.57 Å². The zero-order valence-corrected chi connectivity index (χ0v) is 29.7. The average molecular weight is 689 g/mol. The van der Waals surface area contributed by atoms with Gasteiger partial charge in [0.25, 0.3) is 0 Å². The van der Waals surface area contributed by atoms with E-state index in [1.54, 1.807) is 0 Å². The fraction of sp³-hybridized carbons (Fsp3) is 0. The van der Waals surface area contributed by atoms with Crippen LogP contribution in [0.2, 0.25) is 0 Å². The summed E-state index contributed by atoms with van der Waals surface area (Å²) in [5.41, 5.74) is 14.2. The third-order valence-electron chi connectivity index (χ3n) is 10.6. The highest BCUT2D eigenvalue weighted by Gasteiger charge is 2.19. The van der Waals surface area contributed by atoms with Crippen LogP contribution in [0.25, 0.3) is 71.6 Å². The maximum Gasteiger partial charge on any atom is 0.0541 e. The van der Waals surface area contributed by atoms with Crippen LogP contribution in [0.15, 0.2) is 218 Å². The van der Waals surface area contributed by atoms with E-state index in [4.69, 9.17) is 0 Å². The van der Waals surface area contributed by atoms with Crippen molar-refractivity contribution < 1.29 is 0 Å². The van der Waals surface area contributed by atoms with E-state index in [0.29, 0.717) is 0 Å². The Balaban J connectivity index is 1.07. The van der Waals surface area contributed by atoms with Crippen molar-refractivity contribution in [1.82, 2.24) is 4.57 Å². The van der Waals surface area contributed by atoms with Crippen molar-refractivity contribution in [3.63, 3.8) is 0 Å². The zero-order valence-electron chi connectivity index (χ0n) is 29.7. The minimum Gasteiger partial charge on any atom is -0.310 e. The van der Waals surface area contributed by atoms with E-state index in [0.717, 1.165) is 17.1 Å². The van der Waals surface area contributed by atoms with E-state index in [9.17, 15) is 0 Å². The summed E-state index contributed by atoms with van der Waals surface area (Å²) in [6, 6.07) is 78.8. The molecule has 0 saturated heterocycles. The van der Waals surface area contributed by atoms with Crippen LogP contribution in [0.1, 0.15) is 0 Å². The molecule has 0 radical (unpaired) electrons. The number of hydrogen-bond donors (Lipinski definition) is 0. The molecule has 0 aliphatic rings. The molecule has 0 saturated carbocycles. The van der Waals surface area contributed by atoms with Crippen molar-refractivity contribution >= 4 is 49.6 Å². The molecule has 0 atom stereocenters. The van der Waals surface area contributed by atoms with Crippen molar-refractivity contribution in [3.8, 4) is 39.1 Å². The molecule has 0 unspecified atom stereocenters. The standard InChI is InChI=1S/C52H36N2/c1-4-14-37(15-5-1)38-24-26-39(27-25-38)40-28-31-44(32-29-40)53(42-16-6-2-7-17-42)51-35-33-45(46-20-10-11-21-47(46)51)41-30-34-52-49(36-41)48-22-12-13-23-50(48)54(52)43-18-8-3-9-19-43/h1-36H. The van der Waals surface area contributed by atoms with Crippen molar-refractivity contribution in [3.05, 3.63) is 218 Å². The predicted molar refractivity (Wildman–Crippen MR) is 229 cm³/mol. The van der Waals surface area contributed by atoms with E-state index in [2.05, 4.69) is 228 Å². The van der Waals surface area contributed by atoms with Crippen molar-refractivity contribution in [2.45, 2.75) is 0 Å². The second-order valence-electron chi connectivity index (χ2n) is 13.8. The largest absolute Gasteiger partial charge is 0.310 e. The normalized spacial score (nSPS) is 11.3. The second kappa shape index (κ2) is 13.4. The lowest BCUT2D eigenvalue weighted by Gasteiger charge is -2.27. The molecule has 2 nitrogen and oxygen atoms in total. The van der Waals surface area contributed by atoms with Gasteiger partial charge in [0.05, 0.1) is 16.7 Å². The summed E-state index contributed by atoms with van der Waals surface area (Å²) < 4.78 is 2.37. The first-order valence-electron chi connectivity index (χ1n) is 18.5. The lowest BCUT2D eigenvalue weighted by Crippen LogP contribution is -2.10. The summed E-state index contributed by atoms with van der Waals surface area (Å²) in [5.74, 6) is 0. The summed E-state index contributed by atoms with van der Waals surface area (Å²) in [7, 11) is 0. The molecule has 1 aromatic heterocycles. The van der Waals surface area contributed by atoms with E-state index in [1.807, 2.05) is 0 Å². The molecule has 0 amide bonds. The SMILES string of the molecule is c1ccc(-c2ccc(-c3ccc(N(c4ccccc4)c4ccc(-c5ccc6c(c5)c5ccccc5n6-c5ccccc5)c5ccccc45)cc3)cc2)cc1. The van der Waals surface area contributed by atoms with Crippen molar-refractivity contribution in [2.24, 2.45) is 0 Å². The van der Waals surface area contributed by atoms with Crippen LogP contribution >= 0.6 is 0 Å². The fourth-order valence-corrected chi connectivity index (χ4v) is 8.02. The molecule has 10 aromatic rings. The quantitative estimate of drug-likeness (QED) is 0.162. The Morgan fingerprint density at radius 2 is 0.778 bits per heavy atom. The van der Waals surface area contributed by atoms with Gasteiger partial charge < -0.3 is 9.47 Å². The number of rotatable bonds is 7. The van der Waals surface area contributed by atoms with Crippen LogP contribution in [0.5, 0.6) is 0 Å². The van der Waals surface area contributed by atoms with Gasteiger partial charge in [-0.15, -0.1) is 0 Å². The Bertz CT molecular complexity index is 2890. The van der Waals surface area contributed by atoms with Crippen LogP contribution in [0.4, 0.5) is 17.1 Å². The third-order valence-corrected chi connectivity index (χ3v) is 10.6. The van der Waals surface area contributed by atoms with Gasteiger partial charge in [0.1, 0.15) is 0 Å². The predicted octanol–water partition coefficient (Wildman–Crippen LogP) is 14.4. The topological polar surface area (TPSA) is 8.17 Å². The lowest BCUT2D eigenvalue weighted by molar-refractivity contribution is 1.18. The van der Waals surface area contributed by atoms with E-state index >= 15 is 0 Å². The van der Waals surface area contributed by atoms with Gasteiger partial charge >= 0.3 is 0 Å². The Hall–Kier alpha value is -7.16. The monoisotopic (exact) mass is 688 g/mol. The molecular weight excluding hydrogens is 653 g/mol. The first-order chi connectivity index (χ1) is 26.8. The minimum absolute atomic E-state index is 1.11. The first kappa shape index (κ1) is 31.6. The molecule has 0 spiro atoms. The van der Waals surface area contributed by atoms with Gasteiger partial charge in [-0.05, 0) is 99.4 Å². The van der Waals surface area contributed by atoms with Crippen LogP contribution in [0.3, 0.4) is 0 Å². The second-order valence-corrected chi connectivity index (χ2v) is 13.8. The molecule has 254 valence electrons. The van der Waals surface area contributed by atoms with Crippen molar-refractivity contribution in [2.75, 3.05) is 4.90 Å². The summed E-state index contributed by atoms with van der Waals surface area (Å²) in [4.78, 5) is 2.38. The molecule has 0 aliphatic heterocycles. The zero-order chi connectivity index (χ0) is 35.8. The van der Waals surface area contributed by atoms with Gasteiger partial charge in [0.2, 0.25) is 0 Å². The fourth-order valence-electron chi connectivity index (χ4n) is 8.02. The molecule has 0 N–H and O–H groups in total. The molecule has 2 heteroatoms. The number of para-hydroxylation sites is 3. The molecule has 1 heterocycles. The summed E-state index contributed by atoms with van der Waals surface area (Å²) in [6.07, 6.45) is 0. The number of hydrogen-bond acceptors (Lipinski definition) is 1. The van der Waals surface area contributed by atoms with Gasteiger partial charge in [-0.3, -0.25) is 0 Å². The lowest BCUT2D eigenvalue weighted by atomic mass is 9.95. The molecule has 0 fully saturated rings. The van der Waals surface area contributed by atoms with Gasteiger partial charge in [-0.1, -0.05) is 158 Å². The van der Waals surface area contributed by atoms with Crippen LogP contribution in [0, 0.1) is 0 Å². The van der Waals surface area contributed by atoms with E-state index < -0.39 is 0 Å². The highest BCUT2D eigenvalue weighted by Crippen LogP contribution is 2.43. The number of fused-ring (bicyclic) bond motifs is 4. The highest BCUT2D eigenvalue weighted by atomic mass is 15.1. The van der Waals surface area contributed by atoms with Gasteiger partial charge in [-0.25, -0.2) is 0 Å². The first-order valence-corrected chi connectivity index (χ1v) is 18.5. The van der Waals surface area contributed by atoms with Gasteiger partial charge in [-0.2, -0.15) is 0 Å². The van der Waals surface area contributed by atoms with Crippen LogP contribution < -0.4 is 4.90 Å². The summed E-state index contributed by atoms with van der Waals surface area (Å²) in [5, 5.41) is 4.93. The Kier molecular flexibility index (Phi) is 7.85. The Morgan fingerprint density at radius 1 is 0.296 bits per heavy atom. The van der Waals surface area contributed by atoms with E-state index in [-0.39, 0.29) is 0 Å². The Labute approximate surface area is 315 Å². The maximum atomic E-state index is 2.38. The van der Waals surface area contributed by atoms with Gasteiger partial charge in [0, 0.05) is 33.2 Å². The van der Waals surface area contributed by atoms with E-state index in [1.165, 1.54) is 71.6 Å².